The first kappa shape index (κ1) is 17.5. The fraction of sp³-hybridized carbons (Fsp3) is 0.278. The molecule has 0 atom stereocenters. The number of ether oxygens (including phenoxy) is 3. The highest BCUT2D eigenvalue weighted by Crippen LogP contribution is 2.27. The van der Waals surface area contributed by atoms with E-state index in [9.17, 15) is 4.79 Å². The van der Waals surface area contributed by atoms with Gasteiger partial charge < -0.3 is 14.2 Å². The number of carbonyl (C=O) groups excluding carboxylic acids is 1. The maximum atomic E-state index is 11.7. The van der Waals surface area contributed by atoms with Crippen molar-refractivity contribution in [3.63, 3.8) is 0 Å². The Morgan fingerprint density at radius 1 is 1.04 bits per heavy atom. The number of hydrogen-bond acceptors (Lipinski definition) is 6. The molecule has 0 bridgehead atoms. The van der Waals surface area contributed by atoms with Crippen LogP contribution in [0.25, 0.3) is 11.4 Å². The van der Waals surface area contributed by atoms with Gasteiger partial charge in [0.1, 0.15) is 12.0 Å². The quantitative estimate of drug-likeness (QED) is 0.477. The summed E-state index contributed by atoms with van der Waals surface area (Å²) in [5.74, 6) is 0.447. The number of aromatic nitrogens is 2. The average Bonchev–Trinajstić information content (AvgIpc) is 2.54. The molecule has 0 fully saturated rings. The number of nitrogens with zero attached hydrogens (tertiary/aromatic N) is 2. The summed E-state index contributed by atoms with van der Waals surface area (Å²) in [5, 5.41) is 0. The number of hydrogen-bond donors (Lipinski definition) is 0. The van der Waals surface area contributed by atoms with Gasteiger partial charge in [0.2, 0.25) is 5.76 Å². The molecule has 1 heterocycles. The fourth-order valence-electron chi connectivity index (χ4n) is 2.14. The number of benzene rings is 1. The SMILES string of the molecule is COC=C(Oc1cc(-c2nc(C)cc(C)n2)ccc1C)C(=O)OC. The molecule has 0 radical (unpaired) electrons. The van der Waals surface area contributed by atoms with Crippen LogP contribution in [0.2, 0.25) is 0 Å². The van der Waals surface area contributed by atoms with Crippen LogP contribution in [0.1, 0.15) is 17.0 Å². The van der Waals surface area contributed by atoms with E-state index < -0.39 is 5.97 Å². The molecule has 0 aliphatic heterocycles. The molecule has 0 saturated carbocycles. The van der Waals surface area contributed by atoms with E-state index in [0.29, 0.717) is 11.6 Å². The molecule has 0 spiro atoms. The van der Waals surface area contributed by atoms with Gasteiger partial charge in [0.25, 0.3) is 0 Å². The van der Waals surface area contributed by atoms with Gasteiger partial charge in [-0.2, -0.15) is 0 Å². The summed E-state index contributed by atoms with van der Waals surface area (Å²) in [5.41, 5.74) is 3.42. The van der Waals surface area contributed by atoms with Crippen LogP contribution < -0.4 is 4.74 Å². The minimum absolute atomic E-state index is 0.0402. The lowest BCUT2D eigenvalue weighted by Gasteiger charge is -2.12. The lowest BCUT2D eigenvalue weighted by atomic mass is 10.1. The zero-order valence-corrected chi connectivity index (χ0v) is 14.4. The van der Waals surface area contributed by atoms with E-state index in [2.05, 4.69) is 14.7 Å². The fourth-order valence-corrected chi connectivity index (χ4v) is 2.14. The molecule has 2 rings (SSSR count). The Balaban J connectivity index is 2.41. The Labute approximate surface area is 141 Å². The van der Waals surface area contributed by atoms with Gasteiger partial charge >= 0.3 is 5.97 Å². The molecule has 6 heteroatoms. The summed E-state index contributed by atoms with van der Waals surface area (Å²) in [7, 11) is 2.71. The highest BCUT2D eigenvalue weighted by molar-refractivity contribution is 5.86. The molecule has 6 nitrogen and oxygen atoms in total. The maximum Gasteiger partial charge on any atom is 0.377 e. The van der Waals surface area contributed by atoms with E-state index in [1.54, 1.807) is 6.07 Å². The van der Waals surface area contributed by atoms with Gasteiger partial charge in [0.15, 0.2) is 5.82 Å². The van der Waals surface area contributed by atoms with Gasteiger partial charge in [-0.05, 0) is 38.5 Å². The third-order valence-electron chi connectivity index (χ3n) is 3.26. The highest BCUT2D eigenvalue weighted by atomic mass is 16.6. The Morgan fingerprint density at radius 3 is 2.29 bits per heavy atom. The largest absolute Gasteiger partial charge is 0.500 e. The zero-order chi connectivity index (χ0) is 17.7. The Morgan fingerprint density at radius 2 is 1.71 bits per heavy atom. The number of aryl methyl sites for hydroxylation is 3. The van der Waals surface area contributed by atoms with E-state index in [1.807, 2.05) is 39.0 Å². The number of carbonyl (C=O) groups is 1. The van der Waals surface area contributed by atoms with Crippen molar-refractivity contribution in [3.8, 4) is 17.1 Å². The van der Waals surface area contributed by atoms with Crippen molar-refractivity contribution in [2.24, 2.45) is 0 Å². The molecular weight excluding hydrogens is 308 g/mol. The van der Waals surface area contributed by atoms with Crippen LogP contribution in [0.15, 0.2) is 36.3 Å². The number of rotatable bonds is 5. The third-order valence-corrected chi connectivity index (χ3v) is 3.26. The van der Waals surface area contributed by atoms with Crippen LogP contribution in [0, 0.1) is 20.8 Å². The number of esters is 1. The second-order valence-corrected chi connectivity index (χ2v) is 5.27. The summed E-state index contributed by atoms with van der Waals surface area (Å²) in [6.45, 7) is 5.71. The smallest absolute Gasteiger partial charge is 0.377 e. The van der Waals surface area contributed by atoms with Crippen molar-refractivity contribution in [1.82, 2.24) is 9.97 Å². The first-order valence-corrected chi connectivity index (χ1v) is 7.37. The van der Waals surface area contributed by atoms with Crippen molar-refractivity contribution in [2.75, 3.05) is 14.2 Å². The summed E-state index contributed by atoms with van der Waals surface area (Å²) in [4.78, 5) is 20.6. The second kappa shape index (κ2) is 7.59. The van der Waals surface area contributed by atoms with Gasteiger partial charge in [-0.15, -0.1) is 0 Å². The van der Waals surface area contributed by atoms with Gasteiger partial charge in [-0.1, -0.05) is 12.1 Å². The third kappa shape index (κ3) is 4.10. The van der Waals surface area contributed by atoms with Crippen LogP contribution in [0.4, 0.5) is 0 Å². The summed E-state index contributed by atoms with van der Waals surface area (Å²) in [6.07, 6.45) is 1.20. The Kier molecular flexibility index (Phi) is 5.52. The topological polar surface area (TPSA) is 70.5 Å². The maximum absolute atomic E-state index is 11.7. The molecule has 0 saturated heterocycles. The van der Waals surface area contributed by atoms with Crippen molar-refractivity contribution in [1.29, 1.82) is 0 Å². The summed E-state index contributed by atoms with van der Waals surface area (Å²) < 4.78 is 15.2. The van der Waals surface area contributed by atoms with Crippen molar-refractivity contribution < 1.29 is 19.0 Å². The predicted molar refractivity (Wildman–Crippen MR) is 89.4 cm³/mol. The normalized spacial score (nSPS) is 11.1. The predicted octanol–water partition coefficient (Wildman–Crippen LogP) is 3.11. The van der Waals surface area contributed by atoms with E-state index >= 15 is 0 Å². The van der Waals surface area contributed by atoms with Crippen molar-refractivity contribution >= 4 is 5.97 Å². The van der Waals surface area contributed by atoms with Gasteiger partial charge in [0.05, 0.1) is 14.2 Å². The monoisotopic (exact) mass is 328 g/mol. The molecular formula is C18H20N2O4. The molecule has 24 heavy (non-hydrogen) atoms. The van der Waals surface area contributed by atoms with Crippen LogP contribution in [0.5, 0.6) is 5.75 Å². The summed E-state index contributed by atoms with van der Waals surface area (Å²) in [6, 6.07) is 7.49. The van der Waals surface area contributed by atoms with Gasteiger partial charge in [0, 0.05) is 17.0 Å². The van der Waals surface area contributed by atoms with Gasteiger partial charge in [-0.3, -0.25) is 0 Å². The molecule has 0 aliphatic rings. The molecule has 0 unspecified atom stereocenters. The molecule has 0 aliphatic carbocycles. The first-order valence-electron chi connectivity index (χ1n) is 7.37. The lowest BCUT2D eigenvalue weighted by Crippen LogP contribution is -2.11. The molecule has 126 valence electrons. The van der Waals surface area contributed by atoms with Gasteiger partial charge in [-0.25, -0.2) is 14.8 Å². The van der Waals surface area contributed by atoms with Crippen molar-refractivity contribution in [2.45, 2.75) is 20.8 Å². The molecule has 0 amide bonds. The molecule has 0 N–H and O–H groups in total. The highest BCUT2D eigenvalue weighted by Gasteiger charge is 2.15. The lowest BCUT2D eigenvalue weighted by molar-refractivity contribution is -0.138. The second-order valence-electron chi connectivity index (χ2n) is 5.27. The van der Waals surface area contributed by atoms with Crippen molar-refractivity contribution in [3.05, 3.63) is 53.2 Å². The first-order chi connectivity index (χ1) is 11.4. The molecule has 1 aromatic heterocycles. The molecule has 1 aromatic carbocycles. The average molecular weight is 328 g/mol. The zero-order valence-electron chi connectivity index (χ0n) is 14.4. The van der Waals surface area contributed by atoms with E-state index in [4.69, 9.17) is 9.47 Å². The number of methoxy groups -OCH3 is 2. The van der Waals surface area contributed by atoms with Crippen LogP contribution in [0.3, 0.4) is 0 Å². The Bertz CT molecular complexity index is 764. The minimum Gasteiger partial charge on any atom is -0.500 e. The van der Waals surface area contributed by atoms with Crippen LogP contribution in [-0.2, 0) is 14.3 Å². The van der Waals surface area contributed by atoms with E-state index in [0.717, 1.165) is 22.5 Å². The molecule has 2 aromatic rings. The standard InChI is InChI=1S/C18H20N2O4/c1-11-6-7-14(17-19-12(2)8-13(3)20-17)9-15(11)24-16(10-22-4)18(21)23-5/h6-10H,1-5H3. The minimum atomic E-state index is -0.621. The van der Waals surface area contributed by atoms with Crippen LogP contribution >= 0.6 is 0 Å². The van der Waals surface area contributed by atoms with E-state index in [-0.39, 0.29) is 5.76 Å². The Hall–Kier alpha value is -2.89. The van der Waals surface area contributed by atoms with Crippen LogP contribution in [-0.4, -0.2) is 30.2 Å². The summed E-state index contributed by atoms with van der Waals surface area (Å²) >= 11 is 0. The van der Waals surface area contributed by atoms with E-state index in [1.165, 1.54) is 20.5 Å².